The number of hydrogen-bond donors (Lipinski definition) is 1. The molecule has 1 fully saturated rings. The van der Waals surface area contributed by atoms with Gasteiger partial charge in [-0.3, -0.25) is 0 Å². The molecule has 7 nitrogen and oxygen atoms in total. The van der Waals surface area contributed by atoms with Crippen molar-refractivity contribution < 1.29 is 33.6 Å². The molecule has 1 unspecified atom stereocenters. The molecule has 34 heavy (non-hydrogen) atoms. The molecule has 1 atom stereocenters. The normalized spacial score (nSPS) is 22.2. The van der Waals surface area contributed by atoms with Crippen LogP contribution in [0.15, 0.2) is 35.9 Å². The van der Waals surface area contributed by atoms with E-state index < -0.39 is 11.8 Å². The van der Waals surface area contributed by atoms with Crippen LogP contribution in [0, 0.1) is 12.8 Å². The monoisotopic (exact) mass is 466 g/mol. The molecular weight excluding hydrogens is 436 g/mol. The first kappa shape index (κ1) is 22.6. The predicted octanol–water partition coefficient (Wildman–Crippen LogP) is 4.87. The second-order valence-corrected chi connectivity index (χ2v) is 9.19. The summed E-state index contributed by atoms with van der Waals surface area (Å²) in [5, 5.41) is 11.9. The molecule has 3 aliphatic rings. The number of benzene rings is 2. The van der Waals surface area contributed by atoms with Gasteiger partial charge in [0.05, 0.1) is 19.8 Å². The lowest BCUT2D eigenvalue weighted by molar-refractivity contribution is -0.185. The lowest BCUT2D eigenvalue weighted by Crippen LogP contribution is -2.30. The number of carbonyl (C=O) groups excluding carboxylic acids is 1. The zero-order valence-corrected chi connectivity index (χ0v) is 19.8. The highest BCUT2D eigenvalue weighted by molar-refractivity contribution is 6.20. The highest BCUT2D eigenvalue weighted by Crippen LogP contribution is 2.50. The van der Waals surface area contributed by atoms with Crippen molar-refractivity contribution in [3.05, 3.63) is 52.6 Å². The average molecular weight is 467 g/mol. The topological polar surface area (TPSA) is 83.5 Å². The van der Waals surface area contributed by atoms with Crippen molar-refractivity contribution in [2.24, 2.45) is 5.92 Å². The van der Waals surface area contributed by atoms with Crippen LogP contribution in [0.5, 0.6) is 23.0 Å². The molecule has 2 heterocycles. The fourth-order valence-electron chi connectivity index (χ4n) is 5.35. The summed E-state index contributed by atoms with van der Waals surface area (Å²) in [6.45, 7) is 1.99. The van der Waals surface area contributed by atoms with Gasteiger partial charge in [-0.2, -0.15) is 0 Å². The lowest BCUT2D eigenvalue weighted by atomic mass is 9.80. The number of cyclic esters (lactones) is 1. The quantitative estimate of drug-likeness (QED) is 0.608. The van der Waals surface area contributed by atoms with E-state index in [2.05, 4.69) is 0 Å². The smallest absolute Gasteiger partial charge is 0.341 e. The molecule has 2 aromatic carbocycles. The standard InChI is InChI=1S/C27H30O7/c1-16-11-19(9-10-21(16)30-2)27(29)20(12-17-7-5-4-6-8-17)24(26(28)34-27)18-13-22(31-3)25-23(14-18)32-15-33-25/h9-11,13-14,17,29H,4-8,12,15H2,1-3H3. The van der Waals surface area contributed by atoms with Gasteiger partial charge >= 0.3 is 5.97 Å². The van der Waals surface area contributed by atoms with Gasteiger partial charge in [0.25, 0.3) is 5.79 Å². The third kappa shape index (κ3) is 3.78. The zero-order valence-electron chi connectivity index (χ0n) is 19.8. The van der Waals surface area contributed by atoms with Gasteiger partial charge in [0.2, 0.25) is 12.5 Å². The van der Waals surface area contributed by atoms with Crippen LogP contribution in [0.1, 0.15) is 55.2 Å². The Balaban J connectivity index is 1.66. The Labute approximate surface area is 199 Å². The van der Waals surface area contributed by atoms with Crippen LogP contribution in [-0.2, 0) is 15.3 Å². The maximum absolute atomic E-state index is 13.3. The molecule has 2 aromatic rings. The van der Waals surface area contributed by atoms with E-state index in [1.165, 1.54) is 6.42 Å². The zero-order chi connectivity index (χ0) is 23.9. The van der Waals surface area contributed by atoms with Crippen molar-refractivity contribution in [1.29, 1.82) is 0 Å². The number of rotatable bonds is 6. The molecule has 7 heteroatoms. The third-order valence-corrected chi connectivity index (χ3v) is 7.11. The van der Waals surface area contributed by atoms with E-state index in [-0.39, 0.29) is 6.79 Å². The van der Waals surface area contributed by atoms with Crippen LogP contribution in [0.3, 0.4) is 0 Å². The van der Waals surface area contributed by atoms with E-state index in [4.69, 9.17) is 23.7 Å². The van der Waals surface area contributed by atoms with Crippen molar-refractivity contribution in [3.8, 4) is 23.0 Å². The molecule has 0 bridgehead atoms. The van der Waals surface area contributed by atoms with Gasteiger partial charge in [-0.15, -0.1) is 0 Å². The van der Waals surface area contributed by atoms with Gasteiger partial charge in [-0.25, -0.2) is 4.79 Å². The van der Waals surface area contributed by atoms with Gasteiger partial charge in [-0.1, -0.05) is 32.1 Å². The van der Waals surface area contributed by atoms with E-state index in [0.29, 0.717) is 57.6 Å². The number of carbonyl (C=O) groups is 1. The Morgan fingerprint density at radius 1 is 1.03 bits per heavy atom. The Kier molecular flexibility index (Phi) is 5.90. The summed E-state index contributed by atoms with van der Waals surface area (Å²) in [5.41, 5.74) is 2.87. The van der Waals surface area contributed by atoms with Crippen LogP contribution < -0.4 is 18.9 Å². The molecule has 1 N–H and O–H groups in total. The summed E-state index contributed by atoms with van der Waals surface area (Å²) in [6.07, 6.45) is 6.22. The van der Waals surface area contributed by atoms with Crippen molar-refractivity contribution in [3.63, 3.8) is 0 Å². The van der Waals surface area contributed by atoms with E-state index in [1.54, 1.807) is 38.5 Å². The molecular formula is C27H30O7. The first-order valence-corrected chi connectivity index (χ1v) is 11.8. The number of esters is 1. The van der Waals surface area contributed by atoms with Crippen LogP contribution in [-0.4, -0.2) is 32.1 Å². The second kappa shape index (κ2) is 8.87. The first-order valence-electron chi connectivity index (χ1n) is 11.8. The summed E-state index contributed by atoms with van der Waals surface area (Å²) in [4.78, 5) is 13.3. The molecule has 0 amide bonds. The molecule has 0 aromatic heterocycles. The number of fused-ring (bicyclic) bond motifs is 1. The molecule has 1 saturated carbocycles. The highest BCUT2D eigenvalue weighted by Gasteiger charge is 2.49. The van der Waals surface area contributed by atoms with Gasteiger partial charge in [-0.05, 0) is 60.7 Å². The minimum absolute atomic E-state index is 0.0859. The van der Waals surface area contributed by atoms with E-state index in [1.807, 2.05) is 13.0 Å². The predicted molar refractivity (Wildman–Crippen MR) is 125 cm³/mol. The molecule has 0 radical (unpaired) electrons. The maximum atomic E-state index is 13.3. The molecule has 5 rings (SSSR count). The van der Waals surface area contributed by atoms with Crippen molar-refractivity contribution in [1.82, 2.24) is 0 Å². The third-order valence-electron chi connectivity index (χ3n) is 7.11. The Morgan fingerprint density at radius 3 is 2.50 bits per heavy atom. The summed E-state index contributed by atoms with van der Waals surface area (Å²) >= 11 is 0. The average Bonchev–Trinajstić information content (AvgIpc) is 3.41. The Morgan fingerprint density at radius 2 is 1.79 bits per heavy atom. The first-order chi connectivity index (χ1) is 16.4. The van der Waals surface area contributed by atoms with Crippen LogP contribution in [0.25, 0.3) is 5.57 Å². The number of hydrogen-bond acceptors (Lipinski definition) is 7. The molecule has 2 aliphatic heterocycles. The lowest BCUT2D eigenvalue weighted by Gasteiger charge is -2.30. The van der Waals surface area contributed by atoms with Gasteiger partial charge in [0.15, 0.2) is 11.5 Å². The van der Waals surface area contributed by atoms with E-state index in [0.717, 1.165) is 31.2 Å². The van der Waals surface area contributed by atoms with E-state index in [9.17, 15) is 9.90 Å². The van der Waals surface area contributed by atoms with Crippen molar-refractivity contribution >= 4 is 11.5 Å². The number of methoxy groups -OCH3 is 2. The summed E-state index contributed by atoms with van der Waals surface area (Å²) < 4.78 is 27.8. The fourth-order valence-corrected chi connectivity index (χ4v) is 5.35. The minimum Gasteiger partial charge on any atom is -0.496 e. The molecule has 1 aliphatic carbocycles. The fraction of sp³-hybridized carbons (Fsp3) is 0.444. The van der Waals surface area contributed by atoms with Crippen molar-refractivity contribution in [2.45, 2.75) is 51.2 Å². The van der Waals surface area contributed by atoms with Gasteiger partial charge in [0, 0.05) is 11.1 Å². The van der Waals surface area contributed by atoms with Crippen molar-refractivity contribution in [2.75, 3.05) is 21.0 Å². The van der Waals surface area contributed by atoms with E-state index >= 15 is 0 Å². The summed E-state index contributed by atoms with van der Waals surface area (Å²) in [6, 6.07) is 8.86. The van der Waals surface area contributed by atoms with Crippen LogP contribution >= 0.6 is 0 Å². The molecule has 0 spiro atoms. The summed E-state index contributed by atoms with van der Waals surface area (Å²) in [5.74, 6) is 0.131. The molecule has 0 saturated heterocycles. The highest BCUT2D eigenvalue weighted by atomic mass is 16.7. The Hall–Kier alpha value is -3.19. The number of ether oxygens (including phenoxy) is 5. The molecule has 180 valence electrons. The second-order valence-electron chi connectivity index (χ2n) is 9.19. The number of aryl methyl sites for hydroxylation is 1. The largest absolute Gasteiger partial charge is 0.496 e. The number of aliphatic hydroxyl groups is 1. The minimum atomic E-state index is -1.86. The Bertz CT molecular complexity index is 1150. The summed E-state index contributed by atoms with van der Waals surface area (Å²) in [7, 11) is 3.15. The van der Waals surface area contributed by atoms with Crippen LogP contribution in [0.2, 0.25) is 0 Å². The van der Waals surface area contributed by atoms with Crippen LogP contribution in [0.4, 0.5) is 0 Å². The SMILES string of the molecule is COc1ccc(C2(O)OC(=O)C(c3cc(OC)c4c(c3)OCO4)=C2CC2CCCCC2)cc1C. The van der Waals surface area contributed by atoms with Gasteiger partial charge in [0.1, 0.15) is 5.75 Å². The van der Waals surface area contributed by atoms with Gasteiger partial charge < -0.3 is 28.8 Å². The maximum Gasteiger partial charge on any atom is 0.341 e.